The number of benzene rings is 1. The van der Waals surface area contributed by atoms with Crippen LogP contribution in [0.3, 0.4) is 0 Å². The molecule has 0 radical (unpaired) electrons. The number of carboxylic acid groups (broad SMARTS) is 1. The fraction of sp³-hybridized carbons (Fsp3) is 0.529. The Labute approximate surface area is 126 Å². The van der Waals surface area contributed by atoms with Crippen LogP contribution >= 0.6 is 0 Å². The highest BCUT2D eigenvalue weighted by Gasteiger charge is 2.48. The van der Waals surface area contributed by atoms with E-state index in [1.807, 2.05) is 45.9 Å². The van der Waals surface area contributed by atoms with Gasteiger partial charge in [0.2, 0.25) is 5.91 Å². The normalized spacial score (nSPS) is 14.0. The number of hydrogen-bond donors (Lipinski definition) is 1. The minimum absolute atomic E-state index is 0.141. The predicted octanol–water partition coefficient (Wildman–Crippen LogP) is 3.27. The Hall–Kier alpha value is -1.84. The molecular formula is C17H25NO3. The van der Waals surface area contributed by atoms with Crippen LogP contribution in [0.1, 0.15) is 46.6 Å². The number of nitrogens with zero attached hydrogens (tertiary/aromatic N) is 1. The van der Waals surface area contributed by atoms with Gasteiger partial charge in [-0.05, 0) is 31.7 Å². The van der Waals surface area contributed by atoms with Gasteiger partial charge in [-0.3, -0.25) is 4.79 Å². The summed E-state index contributed by atoms with van der Waals surface area (Å²) in [5.41, 5.74) is -0.676. The van der Waals surface area contributed by atoms with Crippen molar-refractivity contribution in [2.24, 2.45) is 5.92 Å². The van der Waals surface area contributed by atoms with E-state index in [2.05, 4.69) is 0 Å². The smallest absolute Gasteiger partial charge is 0.334 e. The highest BCUT2D eigenvalue weighted by Crippen LogP contribution is 2.37. The highest BCUT2D eigenvalue weighted by molar-refractivity contribution is 5.87. The van der Waals surface area contributed by atoms with Gasteiger partial charge in [0.25, 0.3) is 0 Å². The van der Waals surface area contributed by atoms with Crippen LogP contribution in [0.5, 0.6) is 0 Å². The van der Waals surface area contributed by atoms with Crippen molar-refractivity contribution in [3.63, 3.8) is 0 Å². The van der Waals surface area contributed by atoms with Gasteiger partial charge in [-0.25, -0.2) is 4.79 Å². The van der Waals surface area contributed by atoms with E-state index in [1.54, 1.807) is 12.1 Å². The lowest BCUT2D eigenvalue weighted by Crippen LogP contribution is -2.57. The van der Waals surface area contributed by atoms with E-state index in [9.17, 15) is 14.7 Å². The van der Waals surface area contributed by atoms with Crippen molar-refractivity contribution in [1.82, 2.24) is 4.90 Å². The molecule has 1 aromatic carbocycles. The first-order valence-electron chi connectivity index (χ1n) is 7.32. The Kier molecular flexibility index (Phi) is 5.53. The maximum absolute atomic E-state index is 12.2. The number of amides is 1. The number of carbonyl (C=O) groups is 2. The van der Waals surface area contributed by atoms with Crippen molar-refractivity contribution in [3.8, 4) is 0 Å². The molecule has 0 spiro atoms. The van der Waals surface area contributed by atoms with Crippen LogP contribution in [-0.2, 0) is 15.1 Å². The Morgan fingerprint density at radius 2 is 1.67 bits per heavy atom. The first-order chi connectivity index (χ1) is 9.73. The minimum atomic E-state index is -1.32. The van der Waals surface area contributed by atoms with Gasteiger partial charge >= 0.3 is 5.97 Å². The zero-order chi connectivity index (χ0) is 16.2. The molecule has 1 N–H and O–H groups in total. The maximum Gasteiger partial charge on any atom is 0.334 e. The predicted molar refractivity (Wildman–Crippen MR) is 82.9 cm³/mol. The van der Waals surface area contributed by atoms with Gasteiger partial charge in [0.05, 0.1) is 0 Å². The van der Waals surface area contributed by atoms with Gasteiger partial charge in [-0.1, -0.05) is 44.2 Å². The fourth-order valence-electron chi connectivity index (χ4n) is 3.05. The summed E-state index contributed by atoms with van der Waals surface area (Å²) in [6, 6.07) is 8.85. The summed E-state index contributed by atoms with van der Waals surface area (Å²) in [4.78, 5) is 25.9. The van der Waals surface area contributed by atoms with E-state index in [4.69, 9.17) is 0 Å². The van der Waals surface area contributed by atoms with Gasteiger partial charge in [0.1, 0.15) is 0 Å². The second-order valence-electron chi connectivity index (χ2n) is 6.11. The van der Waals surface area contributed by atoms with E-state index >= 15 is 0 Å². The molecule has 1 atom stereocenters. The minimum Gasteiger partial charge on any atom is -0.479 e. The molecule has 0 saturated heterocycles. The first-order valence-corrected chi connectivity index (χ1v) is 7.32. The van der Waals surface area contributed by atoms with Gasteiger partial charge in [-0.2, -0.15) is 0 Å². The molecule has 0 aliphatic rings. The van der Waals surface area contributed by atoms with Crippen molar-refractivity contribution in [3.05, 3.63) is 35.9 Å². The number of carbonyl (C=O) groups excluding carboxylic acids is 1. The highest BCUT2D eigenvalue weighted by atomic mass is 16.4. The van der Waals surface area contributed by atoms with Gasteiger partial charge in [-0.15, -0.1) is 0 Å². The molecule has 0 aromatic heterocycles. The average molecular weight is 291 g/mol. The molecule has 21 heavy (non-hydrogen) atoms. The molecule has 4 nitrogen and oxygen atoms in total. The standard InChI is InChI=1S/C17H25NO3/c1-12(2)11-17(16(20)21,15-9-7-6-8-10-15)18(13(3)4)14(5)19/h6-10,12-13H,11H2,1-5H3,(H,20,21). The Bertz CT molecular complexity index is 496. The van der Waals surface area contributed by atoms with Crippen LogP contribution in [-0.4, -0.2) is 27.9 Å². The Morgan fingerprint density at radius 1 is 1.14 bits per heavy atom. The number of rotatable bonds is 6. The zero-order valence-electron chi connectivity index (χ0n) is 13.5. The third-order valence-corrected chi connectivity index (χ3v) is 3.58. The van der Waals surface area contributed by atoms with Crippen LogP contribution < -0.4 is 0 Å². The lowest BCUT2D eigenvalue weighted by molar-refractivity contribution is -0.163. The summed E-state index contributed by atoms with van der Waals surface area (Å²) in [7, 11) is 0. The second kappa shape index (κ2) is 6.74. The fourth-order valence-corrected chi connectivity index (χ4v) is 3.05. The lowest BCUT2D eigenvalue weighted by atomic mass is 9.79. The van der Waals surface area contributed by atoms with E-state index in [-0.39, 0.29) is 17.9 Å². The molecule has 0 aliphatic heterocycles. The third-order valence-electron chi connectivity index (χ3n) is 3.58. The Balaban J connectivity index is 3.59. The van der Waals surface area contributed by atoms with Crippen LogP contribution in [0.15, 0.2) is 30.3 Å². The summed E-state index contributed by atoms with van der Waals surface area (Å²) >= 11 is 0. The molecule has 1 aromatic rings. The Morgan fingerprint density at radius 3 is 2.00 bits per heavy atom. The van der Waals surface area contributed by atoms with Gasteiger partial charge < -0.3 is 10.0 Å². The zero-order valence-corrected chi connectivity index (χ0v) is 13.5. The van der Waals surface area contributed by atoms with Crippen LogP contribution in [0.2, 0.25) is 0 Å². The SMILES string of the molecule is CC(=O)N(C(C)C)C(CC(C)C)(C(=O)O)c1ccccc1. The number of hydrogen-bond acceptors (Lipinski definition) is 2. The van der Waals surface area contributed by atoms with Crippen molar-refractivity contribution in [1.29, 1.82) is 0 Å². The van der Waals surface area contributed by atoms with Crippen LogP contribution in [0.4, 0.5) is 0 Å². The van der Waals surface area contributed by atoms with Gasteiger partial charge in [0, 0.05) is 13.0 Å². The molecule has 0 saturated carbocycles. The molecular weight excluding hydrogens is 266 g/mol. The lowest BCUT2D eigenvalue weighted by Gasteiger charge is -2.44. The maximum atomic E-state index is 12.2. The summed E-state index contributed by atoms with van der Waals surface area (Å²) in [6.07, 6.45) is 0.379. The van der Waals surface area contributed by atoms with Crippen molar-refractivity contribution in [2.45, 2.75) is 52.6 Å². The van der Waals surface area contributed by atoms with Crippen molar-refractivity contribution >= 4 is 11.9 Å². The summed E-state index contributed by atoms with van der Waals surface area (Å²) in [5.74, 6) is -1.06. The molecule has 1 rings (SSSR count). The van der Waals surface area contributed by atoms with E-state index < -0.39 is 11.5 Å². The van der Waals surface area contributed by atoms with Gasteiger partial charge in [0.15, 0.2) is 5.54 Å². The van der Waals surface area contributed by atoms with E-state index in [1.165, 1.54) is 11.8 Å². The van der Waals surface area contributed by atoms with E-state index in [0.717, 1.165) is 0 Å². The molecule has 0 fully saturated rings. The quantitative estimate of drug-likeness (QED) is 0.875. The van der Waals surface area contributed by atoms with Crippen molar-refractivity contribution in [2.75, 3.05) is 0 Å². The first kappa shape index (κ1) is 17.2. The van der Waals surface area contributed by atoms with E-state index in [0.29, 0.717) is 12.0 Å². The monoisotopic (exact) mass is 291 g/mol. The molecule has 1 unspecified atom stereocenters. The molecule has 116 valence electrons. The summed E-state index contributed by atoms with van der Waals surface area (Å²) in [5, 5.41) is 10.0. The second-order valence-corrected chi connectivity index (χ2v) is 6.11. The largest absolute Gasteiger partial charge is 0.479 e. The molecule has 0 aliphatic carbocycles. The number of carboxylic acids is 1. The topological polar surface area (TPSA) is 57.6 Å². The van der Waals surface area contributed by atoms with Crippen LogP contribution in [0, 0.1) is 5.92 Å². The third kappa shape index (κ3) is 3.43. The molecule has 0 bridgehead atoms. The number of aliphatic carboxylic acids is 1. The van der Waals surface area contributed by atoms with Crippen LogP contribution in [0.25, 0.3) is 0 Å². The van der Waals surface area contributed by atoms with Crippen molar-refractivity contribution < 1.29 is 14.7 Å². The molecule has 0 heterocycles. The summed E-state index contributed by atoms with van der Waals surface area (Å²) < 4.78 is 0. The molecule has 1 amide bonds. The summed E-state index contributed by atoms with van der Waals surface area (Å²) in [6.45, 7) is 9.07. The molecule has 4 heteroatoms. The average Bonchev–Trinajstić information content (AvgIpc) is 2.37.